The number of rotatable bonds is 7. The van der Waals surface area contributed by atoms with Gasteiger partial charge in [0.25, 0.3) is 0 Å². The molecule has 0 atom stereocenters. The smallest absolute Gasteiger partial charge is 0.152 e. The maximum Gasteiger partial charge on any atom is 0.152 e. The average molecular weight is 827 g/mol. The number of phenolic OH excluding ortho intramolecular Hbond substituents is 1. The Kier molecular flexibility index (Phi) is 16.4. The van der Waals surface area contributed by atoms with Crippen LogP contribution in [0.4, 0.5) is 22.7 Å². The van der Waals surface area contributed by atoms with Crippen LogP contribution < -0.4 is 0 Å². The van der Waals surface area contributed by atoms with Gasteiger partial charge in [-0.1, -0.05) is 72.5 Å². The van der Waals surface area contributed by atoms with Gasteiger partial charge in [0, 0.05) is 64.8 Å². The van der Waals surface area contributed by atoms with Crippen LogP contribution >= 0.6 is 12.0 Å². The molecule has 2 N–H and O–H groups in total. The van der Waals surface area contributed by atoms with Gasteiger partial charge >= 0.3 is 0 Å². The predicted octanol–water partition coefficient (Wildman–Crippen LogP) is 10.8. The molecule has 0 saturated heterocycles. The van der Waals surface area contributed by atoms with E-state index in [0.717, 1.165) is 33.0 Å². The van der Waals surface area contributed by atoms with Crippen molar-refractivity contribution < 1.29 is 73.5 Å². The van der Waals surface area contributed by atoms with Gasteiger partial charge in [0.1, 0.15) is 5.69 Å². The van der Waals surface area contributed by atoms with Gasteiger partial charge < -0.3 is 12.5 Å². The molecule has 5 aromatic rings. The molecule has 0 spiro atoms. The topological polar surface area (TPSA) is 108 Å². The minimum Gasteiger partial charge on any atom is -0.505 e. The fraction of sp³-hybridized carbons (Fsp3) is 0.129. The number of phenols is 1. The van der Waals surface area contributed by atoms with Crippen LogP contribution in [0.3, 0.4) is 0 Å². The van der Waals surface area contributed by atoms with E-state index in [2.05, 4.69) is 35.9 Å². The summed E-state index contributed by atoms with van der Waals surface area (Å²) in [5.74, 6) is -0.0592. The third-order valence-corrected chi connectivity index (χ3v) is 6.32. The van der Waals surface area contributed by atoms with Crippen molar-refractivity contribution in [1.82, 2.24) is 0 Å². The molecule has 5 rings (SSSR count). The van der Waals surface area contributed by atoms with Gasteiger partial charge in [0.15, 0.2) is 5.75 Å². The van der Waals surface area contributed by atoms with Crippen LogP contribution in [0.5, 0.6) is 5.75 Å². The minimum atomic E-state index is -0.0592. The minimum absolute atomic E-state index is 0. The SMILES string of the molecule is CC.Cc1[c-]cc2c(N=Nc3ccccc3)ccc(N=Nc3c(SOOO)cc4ccc(C)cc4c3O)c2c1.[CH3-].[W].[Y]. The molecular weight excluding hydrogens is 797 g/mol. The summed E-state index contributed by atoms with van der Waals surface area (Å²) in [6.45, 7) is 7.88. The molecule has 215 valence electrons. The van der Waals surface area contributed by atoms with Crippen molar-refractivity contribution in [2.45, 2.75) is 32.6 Å². The van der Waals surface area contributed by atoms with Crippen LogP contribution in [0.15, 0.2) is 104 Å². The summed E-state index contributed by atoms with van der Waals surface area (Å²) in [6.07, 6.45) is 0. The molecule has 0 aliphatic carbocycles. The summed E-state index contributed by atoms with van der Waals surface area (Å²) in [5, 5.41) is 44.1. The summed E-state index contributed by atoms with van der Waals surface area (Å²) in [6, 6.07) is 27.6. The van der Waals surface area contributed by atoms with Crippen LogP contribution in [-0.2, 0) is 63.1 Å². The Balaban J connectivity index is 0.00000173. The zero-order chi connectivity index (χ0) is 27.8. The second-order valence-corrected chi connectivity index (χ2v) is 9.05. The normalized spacial score (nSPS) is 10.6. The largest absolute Gasteiger partial charge is 0.505 e. The molecule has 0 fully saturated rings. The number of fused-ring (bicyclic) bond motifs is 2. The summed E-state index contributed by atoms with van der Waals surface area (Å²) in [5.41, 5.74) is 4.08. The third-order valence-electron chi connectivity index (χ3n) is 5.70. The van der Waals surface area contributed by atoms with Crippen molar-refractivity contribution in [1.29, 1.82) is 0 Å². The molecule has 0 saturated carbocycles. The Morgan fingerprint density at radius 3 is 2.14 bits per heavy atom. The third kappa shape index (κ3) is 9.07. The molecule has 42 heavy (non-hydrogen) atoms. The molecule has 0 heterocycles. The van der Waals surface area contributed by atoms with E-state index in [4.69, 9.17) is 5.26 Å². The van der Waals surface area contributed by atoms with E-state index in [0.29, 0.717) is 33.7 Å². The Morgan fingerprint density at radius 1 is 0.786 bits per heavy atom. The number of benzene rings is 5. The number of hydrogen-bond acceptors (Lipinski definition) is 9. The molecule has 0 aliphatic heterocycles. The van der Waals surface area contributed by atoms with Gasteiger partial charge in [-0.3, -0.25) is 0 Å². The first-order chi connectivity index (χ1) is 19.0. The number of azo groups is 2. The summed E-state index contributed by atoms with van der Waals surface area (Å²) >= 11 is 0.710. The van der Waals surface area contributed by atoms with Crippen molar-refractivity contribution in [2.75, 3.05) is 0 Å². The molecule has 11 heteroatoms. The molecule has 0 aromatic heterocycles. The average Bonchev–Trinajstić information content (AvgIpc) is 2.96. The first kappa shape index (κ1) is 37.7. The Morgan fingerprint density at radius 2 is 1.45 bits per heavy atom. The second kappa shape index (κ2) is 18.3. The summed E-state index contributed by atoms with van der Waals surface area (Å²) in [7, 11) is 0. The first-order valence-electron chi connectivity index (χ1n) is 12.3. The van der Waals surface area contributed by atoms with Gasteiger partial charge in [0.05, 0.1) is 28.3 Å². The van der Waals surface area contributed by atoms with Gasteiger partial charge in [-0.05, 0) is 48.7 Å². The van der Waals surface area contributed by atoms with Crippen molar-refractivity contribution in [2.24, 2.45) is 20.5 Å². The molecule has 5 aromatic carbocycles. The van der Waals surface area contributed by atoms with E-state index in [9.17, 15) is 5.11 Å². The number of nitrogens with zero attached hydrogens (tertiary/aromatic N) is 4. The van der Waals surface area contributed by atoms with Gasteiger partial charge in [0.2, 0.25) is 0 Å². The van der Waals surface area contributed by atoms with E-state index in [1.165, 1.54) is 0 Å². The Hall–Kier alpha value is -2.36. The quantitative estimate of drug-likeness (QED) is 0.0558. The van der Waals surface area contributed by atoms with E-state index >= 15 is 0 Å². The van der Waals surface area contributed by atoms with Crippen molar-refractivity contribution in [3.05, 3.63) is 103 Å². The maximum absolute atomic E-state index is 11.1. The van der Waals surface area contributed by atoms with Crippen molar-refractivity contribution in [3.63, 3.8) is 0 Å². The maximum atomic E-state index is 11.1. The molecular formula is C31H30N4O4SWY-2. The molecule has 0 amide bonds. The van der Waals surface area contributed by atoms with Crippen LogP contribution in [-0.4, -0.2) is 10.4 Å². The van der Waals surface area contributed by atoms with Gasteiger partial charge in [-0.25, -0.2) is 5.26 Å². The predicted molar refractivity (Wildman–Crippen MR) is 161 cm³/mol. The van der Waals surface area contributed by atoms with E-state index in [1.54, 1.807) is 12.1 Å². The van der Waals surface area contributed by atoms with Gasteiger partial charge in [-0.15, -0.1) is 9.45 Å². The Labute approximate surface area is 289 Å². The van der Waals surface area contributed by atoms with Crippen molar-refractivity contribution in [3.8, 4) is 5.75 Å². The fourth-order valence-corrected chi connectivity index (χ4v) is 4.41. The molecule has 1 radical (unpaired) electrons. The number of aryl methyl sites for hydroxylation is 2. The van der Waals surface area contributed by atoms with Gasteiger partial charge in [-0.2, -0.15) is 39.1 Å². The number of aromatic hydroxyl groups is 1. The molecule has 0 bridgehead atoms. The second-order valence-electron chi connectivity index (χ2n) is 8.31. The summed E-state index contributed by atoms with van der Waals surface area (Å²) in [4.78, 5) is 0.411. The first-order valence-corrected chi connectivity index (χ1v) is 13.0. The number of hydrogen-bond donors (Lipinski definition) is 2. The Bertz CT molecular complexity index is 1670. The standard InChI is InChI=1S/C28H21N4O4S.C2H6.CH3.W.Y/c1-17-8-10-19-16-26(37-36-35-34)27(28(33)22(19)14-17)32-31-25-13-12-24(21-11-9-18(2)15-23(21)25)30-29-20-6-4-3-5-7-20;1-2;;;/h3-8,10-16,33-34H,1-2H3;1-2H3;1H3;;/q-1;;-1;;. The fourth-order valence-electron chi connectivity index (χ4n) is 3.91. The monoisotopic (exact) mass is 827 g/mol. The molecule has 0 aliphatic rings. The van der Waals surface area contributed by atoms with E-state index in [-0.39, 0.29) is 72.6 Å². The zero-order valence-corrected chi connectivity index (χ0v) is 30.5. The van der Waals surface area contributed by atoms with Crippen LogP contribution in [0, 0.1) is 27.3 Å². The zero-order valence-electron chi connectivity index (χ0n) is 23.9. The van der Waals surface area contributed by atoms with Crippen LogP contribution in [0.2, 0.25) is 0 Å². The van der Waals surface area contributed by atoms with Crippen molar-refractivity contribution >= 4 is 56.3 Å². The van der Waals surface area contributed by atoms with Crippen LogP contribution in [0.1, 0.15) is 25.0 Å². The van der Waals surface area contributed by atoms with E-state index < -0.39 is 0 Å². The van der Waals surface area contributed by atoms with E-state index in [1.807, 2.05) is 94.4 Å². The van der Waals surface area contributed by atoms with Crippen LogP contribution in [0.25, 0.3) is 21.5 Å². The summed E-state index contributed by atoms with van der Waals surface area (Å²) < 4.78 is 4.64. The molecule has 0 unspecified atom stereocenters. The molecule has 8 nitrogen and oxygen atoms in total.